The van der Waals surface area contributed by atoms with Gasteiger partial charge in [0.2, 0.25) is 5.78 Å². The van der Waals surface area contributed by atoms with E-state index < -0.39 is 0 Å². The highest BCUT2D eigenvalue weighted by molar-refractivity contribution is 6.47. The molecule has 0 aliphatic heterocycles. The number of Topliss-reactive ketones (excluding diaryl/α,β-unsaturated/α-hetero) is 1. The van der Waals surface area contributed by atoms with Crippen molar-refractivity contribution in [2.45, 2.75) is 6.92 Å². The number of nitrogen functional groups attached to an aromatic ring is 1. The fraction of sp³-hybridized carbons (Fsp3) is 0.211. The van der Waals surface area contributed by atoms with E-state index in [1.165, 1.54) is 14.2 Å². The van der Waals surface area contributed by atoms with Crippen molar-refractivity contribution >= 4 is 29.1 Å². The van der Waals surface area contributed by atoms with Gasteiger partial charge in [-0.1, -0.05) is 17.7 Å². The third kappa shape index (κ3) is 4.45. The predicted octanol–water partition coefficient (Wildman–Crippen LogP) is 4.15. The van der Waals surface area contributed by atoms with Gasteiger partial charge in [-0.05, 0) is 48.9 Å². The summed E-state index contributed by atoms with van der Waals surface area (Å²) < 4.78 is 15.8. The smallest absolute Gasteiger partial charge is 0.208 e. The van der Waals surface area contributed by atoms with Crippen LogP contribution >= 0.6 is 11.6 Å². The fourth-order valence-electron chi connectivity index (χ4n) is 2.28. The number of hydrogen-bond donors (Lipinski definition) is 1. The first-order chi connectivity index (χ1) is 12.0. The number of allylic oxidation sites excluding steroid dienone is 1. The molecule has 0 radical (unpaired) electrons. The van der Waals surface area contributed by atoms with Gasteiger partial charge in [-0.2, -0.15) is 0 Å². The van der Waals surface area contributed by atoms with Crippen LogP contribution in [-0.4, -0.2) is 26.6 Å². The number of methoxy groups -OCH3 is 2. The van der Waals surface area contributed by atoms with Crippen molar-refractivity contribution < 1.29 is 19.0 Å². The number of benzene rings is 2. The summed E-state index contributed by atoms with van der Waals surface area (Å²) >= 11 is 6.22. The molecule has 0 aromatic heterocycles. The Hall–Kier alpha value is -2.66. The zero-order valence-corrected chi connectivity index (χ0v) is 15.1. The van der Waals surface area contributed by atoms with Crippen molar-refractivity contribution in [2.75, 3.05) is 26.6 Å². The number of nitrogens with two attached hydrogens (primary N) is 1. The van der Waals surface area contributed by atoms with Gasteiger partial charge >= 0.3 is 0 Å². The van der Waals surface area contributed by atoms with Gasteiger partial charge in [-0.25, -0.2) is 0 Å². The molecule has 0 heterocycles. The highest BCUT2D eigenvalue weighted by atomic mass is 35.5. The van der Waals surface area contributed by atoms with Crippen molar-refractivity contribution in [1.82, 2.24) is 0 Å². The lowest BCUT2D eigenvalue weighted by molar-refractivity contribution is 0.104. The topological polar surface area (TPSA) is 70.8 Å². The van der Waals surface area contributed by atoms with Crippen LogP contribution in [0.1, 0.15) is 22.8 Å². The summed E-state index contributed by atoms with van der Waals surface area (Å²) in [5.41, 5.74) is 7.43. The maximum absolute atomic E-state index is 12.7. The summed E-state index contributed by atoms with van der Waals surface area (Å²) in [6.07, 6.45) is 1.55. The third-order valence-electron chi connectivity index (χ3n) is 3.50. The molecule has 0 fully saturated rings. The van der Waals surface area contributed by atoms with E-state index in [0.29, 0.717) is 40.7 Å². The molecule has 2 aromatic carbocycles. The van der Waals surface area contributed by atoms with Crippen LogP contribution in [0.4, 0.5) is 5.69 Å². The van der Waals surface area contributed by atoms with Crippen molar-refractivity contribution in [1.29, 1.82) is 0 Å². The quantitative estimate of drug-likeness (QED) is 0.455. The molecule has 0 atom stereocenters. The van der Waals surface area contributed by atoms with Gasteiger partial charge in [-0.15, -0.1) is 0 Å². The molecule has 0 spiro atoms. The van der Waals surface area contributed by atoms with E-state index in [-0.39, 0.29) is 10.8 Å². The Kier molecular flexibility index (Phi) is 6.31. The molecular weight excluding hydrogens is 342 g/mol. The van der Waals surface area contributed by atoms with E-state index in [1.54, 1.807) is 42.5 Å². The van der Waals surface area contributed by atoms with Gasteiger partial charge in [0.15, 0.2) is 0 Å². The summed E-state index contributed by atoms with van der Waals surface area (Å²) in [6.45, 7) is 2.40. The monoisotopic (exact) mass is 361 g/mol. The number of ether oxygens (including phenoxy) is 3. The number of anilines is 1. The molecule has 5 nitrogen and oxygen atoms in total. The standard InChI is InChI=1S/C19H20ClNO4/c1-4-25-18-7-5-12(10-16(18)21)9-15(20)19(22)14-11-13(23-2)6-8-17(14)24-3/h5-11H,4,21H2,1-3H3. The van der Waals surface area contributed by atoms with E-state index in [1.807, 2.05) is 6.92 Å². The van der Waals surface area contributed by atoms with Gasteiger partial charge in [0.05, 0.1) is 37.1 Å². The molecule has 0 aliphatic rings. The zero-order valence-electron chi connectivity index (χ0n) is 14.3. The second-order valence-corrected chi connectivity index (χ2v) is 5.53. The van der Waals surface area contributed by atoms with Crippen LogP contribution in [0.2, 0.25) is 0 Å². The molecule has 0 bridgehead atoms. The average molecular weight is 362 g/mol. The maximum atomic E-state index is 12.7. The van der Waals surface area contributed by atoms with Crippen LogP contribution in [0.5, 0.6) is 17.2 Å². The second-order valence-electron chi connectivity index (χ2n) is 5.12. The number of hydrogen-bond acceptors (Lipinski definition) is 5. The van der Waals surface area contributed by atoms with Crippen LogP contribution in [0.3, 0.4) is 0 Å². The molecule has 132 valence electrons. The molecule has 2 N–H and O–H groups in total. The van der Waals surface area contributed by atoms with Crippen LogP contribution in [0, 0.1) is 0 Å². The van der Waals surface area contributed by atoms with E-state index >= 15 is 0 Å². The lowest BCUT2D eigenvalue weighted by Gasteiger charge is -2.10. The summed E-state index contributed by atoms with van der Waals surface area (Å²) in [5, 5.41) is 0.0371. The summed E-state index contributed by atoms with van der Waals surface area (Å²) in [5.74, 6) is 1.18. The molecule has 2 aromatic rings. The Morgan fingerprint density at radius 3 is 2.44 bits per heavy atom. The van der Waals surface area contributed by atoms with Crippen molar-refractivity contribution in [3.05, 3.63) is 52.6 Å². The second kappa shape index (κ2) is 8.44. The summed E-state index contributed by atoms with van der Waals surface area (Å²) in [7, 11) is 3.01. The van der Waals surface area contributed by atoms with Crippen molar-refractivity contribution in [2.24, 2.45) is 0 Å². The lowest BCUT2D eigenvalue weighted by Crippen LogP contribution is -2.03. The van der Waals surface area contributed by atoms with Crippen molar-refractivity contribution in [3.8, 4) is 17.2 Å². The first-order valence-corrected chi connectivity index (χ1v) is 8.04. The van der Waals surface area contributed by atoms with E-state index in [0.717, 1.165) is 0 Å². The van der Waals surface area contributed by atoms with Gasteiger partial charge in [0.25, 0.3) is 0 Å². The summed E-state index contributed by atoms with van der Waals surface area (Å²) in [6, 6.07) is 10.2. The van der Waals surface area contributed by atoms with Gasteiger partial charge in [0, 0.05) is 0 Å². The van der Waals surface area contributed by atoms with Gasteiger partial charge in [-0.3, -0.25) is 4.79 Å². The first kappa shape index (κ1) is 18.7. The molecular formula is C19H20ClNO4. The summed E-state index contributed by atoms with van der Waals surface area (Å²) in [4.78, 5) is 12.7. The number of halogens is 1. The third-order valence-corrected chi connectivity index (χ3v) is 3.78. The number of rotatable bonds is 7. The maximum Gasteiger partial charge on any atom is 0.208 e. The minimum Gasteiger partial charge on any atom is -0.497 e. The Morgan fingerprint density at radius 1 is 1.12 bits per heavy atom. The molecule has 25 heavy (non-hydrogen) atoms. The Labute approximate surface area is 151 Å². The molecule has 0 unspecified atom stereocenters. The van der Waals surface area contributed by atoms with Crippen LogP contribution in [-0.2, 0) is 0 Å². The molecule has 0 aliphatic carbocycles. The highest BCUT2D eigenvalue weighted by Gasteiger charge is 2.17. The lowest BCUT2D eigenvalue weighted by atomic mass is 10.1. The van der Waals surface area contributed by atoms with E-state index in [9.17, 15) is 4.79 Å². The van der Waals surface area contributed by atoms with Crippen LogP contribution in [0.15, 0.2) is 41.4 Å². The van der Waals surface area contributed by atoms with E-state index in [2.05, 4.69) is 0 Å². The number of carbonyl (C=O) groups excluding carboxylic acids is 1. The number of ketones is 1. The fourth-order valence-corrected chi connectivity index (χ4v) is 2.50. The first-order valence-electron chi connectivity index (χ1n) is 7.66. The Balaban J connectivity index is 2.33. The Morgan fingerprint density at radius 2 is 1.84 bits per heavy atom. The minimum absolute atomic E-state index is 0.0371. The largest absolute Gasteiger partial charge is 0.497 e. The van der Waals surface area contributed by atoms with Crippen LogP contribution < -0.4 is 19.9 Å². The molecule has 0 saturated carbocycles. The molecule has 6 heteroatoms. The number of carbonyl (C=O) groups is 1. The minimum atomic E-state index is -0.370. The SMILES string of the molecule is CCOc1ccc(C=C(Cl)C(=O)c2cc(OC)ccc2OC)cc1N. The zero-order chi connectivity index (χ0) is 18.4. The van der Waals surface area contributed by atoms with Gasteiger partial charge in [0.1, 0.15) is 17.2 Å². The van der Waals surface area contributed by atoms with Gasteiger partial charge < -0.3 is 19.9 Å². The molecule has 2 rings (SSSR count). The Bertz CT molecular complexity index is 802. The van der Waals surface area contributed by atoms with Crippen molar-refractivity contribution in [3.63, 3.8) is 0 Å². The van der Waals surface area contributed by atoms with E-state index in [4.69, 9.17) is 31.5 Å². The molecule has 0 saturated heterocycles. The average Bonchev–Trinajstić information content (AvgIpc) is 2.62. The predicted molar refractivity (Wildman–Crippen MR) is 99.7 cm³/mol. The normalized spacial score (nSPS) is 11.1. The highest BCUT2D eigenvalue weighted by Crippen LogP contribution is 2.29. The van der Waals surface area contributed by atoms with Crippen LogP contribution in [0.25, 0.3) is 6.08 Å². The molecule has 0 amide bonds.